The van der Waals surface area contributed by atoms with E-state index in [0.29, 0.717) is 37.9 Å². The van der Waals surface area contributed by atoms with Gasteiger partial charge in [-0.3, -0.25) is 9.59 Å². The van der Waals surface area contributed by atoms with E-state index in [-0.39, 0.29) is 29.0 Å². The topological polar surface area (TPSA) is 96.3 Å². The Hall–Kier alpha value is -2.38. The smallest absolute Gasteiger partial charge is 0.317 e. The zero-order valence-corrected chi connectivity index (χ0v) is 16.5. The number of hydrogen-bond acceptors (Lipinski definition) is 4. The Kier molecular flexibility index (Phi) is 5.26. The Morgan fingerprint density at radius 1 is 1.22 bits per heavy atom. The third-order valence-electron chi connectivity index (χ3n) is 5.27. The molecule has 1 spiro atoms. The number of aromatic nitrogens is 2. The summed E-state index contributed by atoms with van der Waals surface area (Å²) in [6.07, 6.45) is 3.23. The van der Waals surface area contributed by atoms with Gasteiger partial charge in [0.25, 0.3) is 11.5 Å². The summed E-state index contributed by atoms with van der Waals surface area (Å²) in [5.74, 6) is 0.637. The summed E-state index contributed by atoms with van der Waals surface area (Å²) < 4.78 is 1.91. The zero-order chi connectivity index (χ0) is 19.8. The molecular weight excluding hydrogens is 346 g/mol. The van der Waals surface area contributed by atoms with E-state index >= 15 is 0 Å². The van der Waals surface area contributed by atoms with Gasteiger partial charge in [0.2, 0.25) is 0 Å². The minimum absolute atomic E-state index is 0.0765. The Bertz CT molecular complexity index is 801. The van der Waals surface area contributed by atoms with E-state index in [2.05, 4.69) is 15.6 Å². The lowest BCUT2D eigenvalue weighted by Gasteiger charge is -2.24. The van der Waals surface area contributed by atoms with Gasteiger partial charge in [-0.25, -0.2) is 4.79 Å². The summed E-state index contributed by atoms with van der Waals surface area (Å²) in [6, 6.07) is 0.00456. The fourth-order valence-corrected chi connectivity index (χ4v) is 3.85. The number of carbonyl (C=O) groups is 2. The second-order valence-electron chi connectivity index (χ2n) is 8.39. The molecule has 0 radical (unpaired) electrons. The maximum absolute atomic E-state index is 12.5. The van der Waals surface area contributed by atoms with Gasteiger partial charge in [-0.1, -0.05) is 13.8 Å². The molecule has 0 unspecified atom stereocenters. The molecule has 0 aliphatic carbocycles. The van der Waals surface area contributed by atoms with Crippen molar-refractivity contribution < 1.29 is 9.59 Å². The molecule has 27 heavy (non-hydrogen) atoms. The van der Waals surface area contributed by atoms with E-state index in [1.807, 2.05) is 32.3 Å². The average molecular weight is 375 g/mol. The van der Waals surface area contributed by atoms with Crippen LogP contribution in [0.25, 0.3) is 0 Å². The van der Waals surface area contributed by atoms with Gasteiger partial charge >= 0.3 is 6.03 Å². The molecule has 3 amide bonds. The lowest BCUT2D eigenvalue weighted by Crippen LogP contribution is -2.43. The Morgan fingerprint density at radius 3 is 2.59 bits per heavy atom. The van der Waals surface area contributed by atoms with Crippen LogP contribution in [0.2, 0.25) is 0 Å². The van der Waals surface area contributed by atoms with Crippen LogP contribution in [0.15, 0.2) is 11.0 Å². The number of likely N-dealkylation sites (tertiary alicyclic amines) is 1. The number of rotatable bonds is 4. The highest BCUT2D eigenvalue weighted by Gasteiger charge is 2.47. The van der Waals surface area contributed by atoms with E-state index < -0.39 is 5.56 Å². The molecular formula is C19H29N5O3. The van der Waals surface area contributed by atoms with Crippen molar-refractivity contribution in [2.24, 2.45) is 5.92 Å². The summed E-state index contributed by atoms with van der Waals surface area (Å²) >= 11 is 0. The van der Waals surface area contributed by atoms with Crippen LogP contribution in [0, 0.1) is 5.92 Å². The second-order valence-corrected chi connectivity index (χ2v) is 8.39. The minimum Gasteiger partial charge on any atom is -0.352 e. The van der Waals surface area contributed by atoms with Crippen molar-refractivity contribution in [3.05, 3.63) is 27.9 Å². The molecule has 1 atom stereocenters. The van der Waals surface area contributed by atoms with Gasteiger partial charge in [-0.2, -0.15) is 4.98 Å². The largest absolute Gasteiger partial charge is 0.352 e. The van der Waals surface area contributed by atoms with Gasteiger partial charge in [-0.15, -0.1) is 0 Å². The van der Waals surface area contributed by atoms with Gasteiger partial charge in [-0.05, 0) is 32.6 Å². The molecule has 1 fully saturated rings. The molecule has 2 aliphatic heterocycles. The third-order valence-corrected chi connectivity index (χ3v) is 5.27. The number of fused-ring (bicyclic) bond motifs is 2. The third kappa shape index (κ3) is 3.84. The predicted octanol–water partition coefficient (Wildman–Crippen LogP) is 1.09. The van der Waals surface area contributed by atoms with Crippen LogP contribution in [-0.2, 0) is 12.0 Å². The van der Waals surface area contributed by atoms with Crippen molar-refractivity contribution in [2.45, 2.75) is 58.5 Å². The number of hydrogen-bond donors (Lipinski definition) is 2. The molecule has 1 aromatic rings. The van der Waals surface area contributed by atoms with E-state index in [1.165, 1.54) is 0 Å². The molecule has 3 rings (SSSR count). The highest BCUT2D eigenvalue weighted by Crippen LogP contribution is 2.41. The molecule has 8 heteroatoms. The number of urea groups is 1. The highest BCUT2D eigenvalue weighted by atomic mass is 16.2. The van der Waals surface area contributed by atoms with Crippen molar-refractivity contribution in [2.75, 3.05) is 19.6 Å². The van der Waals surface area contributed by atoms with Crippen molar-refractivity contribution in [3.8, 4) is 0 Å². The number of carbonyl (C=O) groups excluding carboxylic acids is 2. The van der Waals surface area contributed by atoms with Crippen molar-refractivity contribution >= 4 is 11.9 Å². The van der Waals surface area contributed by atoms with Crippen molar-refractivity contribution in [3.63, 3.8) is 0 Å². The molecule has 0 saturated carbocycles. The van der Waals surface area contributed by atoms with Gasteiger partial charge in [0.1, 0.15) is 11.4 Å². The summed E-state index contributed by atoms with van der Waals surface area (Å²) in [5.41, 5.74) is -0.696. The molecule has 2 N–H and O–H groups in total. The summed E-state index contributed by atoms with van der Waals surface area (Å²) in [4.78, 5) is 43.2. The first-order valence-electron chi connectivity index (χ1n) is 9.67. The lowest BCUT2D eigenvalue weighted by atomic mass is 9.85. The monoisotopic (exact) mass is 375 g/mol. The molecule has 1 saturated heterocycles. The van der Waals surface area contributed by atoms with Crippen LogP contribution in [-0.4, -0.2) is 52.1 Å². The Balaban J connectivity index is 1.80. The molecule has 0 bridgehead atoms. The first-order valence-corrected chi connectivity index (χ1v) is 9.67. The van der Waals surface area contributed by atoms with Gasteiger partial charge in [0, 0.05) is 43.8 Å². The van der Waals surface area contributed by atoms with Crippen molar-refractivity contribution in [1.82, 2.24) is 25.1 Å². The SMILES string of the molecule is CC(C)CNC(=O)c1cn2c(nc1=O)[C@@]1(CCN(C(=O)NC(C)C)C1)CC2. The summed E-state index contributed by atoms with van der Waals surface area (Å²) in [7, 11) is 0. The number of aryl methyl sites for hydroxylation is 1. The molecule has 0 aromatic carbocycles. The number of nitrogens with zero attached hydrogens (tertiary/aromatic N) is 3. The van der Waals surface area contributed by atoms with Gasteiger partial charge in [0.05, 0.1) is 0 Å². The van der Waals surface area contributed by atoms with Crippen LogP contribution >= 0.6 is 0 Å². The maximum Gasteiger partial charge on any atom is 0.317 e. The predicted molar refractivity (Wildman–Crippen MR) is 102 cm³/mol. The fourth-order valence-electron chi connectivity index (χ4n) is 3.85. The highest BCUT2D eigenvalue weighted by molar-refractivity contribution is 5.93. The summed E-state index contributed by atoms with van der Waals surface area (Å²) in [6.45, 7) is 10.3. The fraction of sp³-hybridized carbons (Fsp3) is 0.684. The van der Waals surface area contributed by atoms with Gasteiger partial charge < -0.3 is 20.1 Å². The molecule has 3 heterocycles. The average Bonchev–Trinajstić information content (AvgIpc) is 3.17. The second kappa shape index (κ2) is 7.32. The van der Waals surface area contributed by atoms with Gasteiger partial charge in [0.15, 0.2) is 0 Å². The van der Waals surface area contributed by atoms with E-state index in [9.17, 15) is 14.4 Å². The molecule has 1 aromatic heterocycles. The van der Waals surface area contributed by atoms with Crippen LogP contribution in [0.3, 0.4) is 0 Å². The van der Waals surface area contributed by atoms with E-state index in [0.717, 1.165) is 12.8 Å². The van der Waals surface area contributed by atoms with E-state index in [4.69, 9.17) is 0 Å². The normalized spacial score (nSPS) is 21.2. The zero-order valence-electron chi connectivity index (χ0n) is 16.5. The quantitative estimate of drug-likeness (QED) is 0.823. The Labute approximate surface area is 159 Å². The van der Waals surface area contributed by atoms with E-state index in [1.54, 1.807) is 11.1 Å². The summed E-state index contributed by atoms with van der Waals surface area (Å²) in [5, 5.41) is 5.70. The standard InChI is InChI=1S/C19H29N5O3/c1-12(2)9-20-15(25)14-10-23-7-5-19(17(23)22-16(14)26)6-8-24(11-19)18(27)21-13(3)4/h10,12-13H,5-9,11H2,1-4H3,(H,20,25)(H,21,27)/t19-/m1/s1. The Morgan fingerprint density at radius 2 is 1.93 bits per heavy atom. The van der Waals surface area contributed by atoms with Crippen LogP contribution in [0.1, 0.15) is 56.7 Å². The first kappa shape index (κ1) is 19.4. The van der Waals surface area contributed by atoms with Crippen LogP contribution in [0.5, 0.6) is 0 Å². The number of amides is 3. The maximum atomic E-state index is 12.5. The van der Waals surface area contributed by atoms with Crippen LogP contribution in [0.4, 0.5) is 4.79 Å². The lowest BCUT2D eigenvalue weighted by molar-refractivity contribution is 0.0946. The first-order chi connectivity index (χ1) is 12.7. The molecule has 2 aliphatic rings. The molecule has 8 nitrogen and oxygen atoms in total. The number of nitrogens with one attached hydrogen (secondary N) is 2. The molecule has 148 valence electrons. The van der Waals surface area contributed by atoms with Crippen molar-refractivity contribution in [1.29, 1.82) is 0 Å². The van der Waals surface area contributed by atoms with Crippen LogP contribution < -0.4 is 16.2 Å². The minimum atomic E-state index is -0.492.